The third kappa shape index (κ3) is 3.41. The number of hydrogen-bond donors (Lipinski definition) is 2. The van der Waals surface area contributed by atoms with E-state index in [0.717, 1.165) is 41.6 Å². The van der Waals surface area contributed by atoms with E-state index in [2.05, 4.69) is 29.9 Å². The molecule has 2 aliphatic rings. The average molecular weight is 343 g/mol. The number of amidine groups is 1. The van der Waals surface area contributed by atoms with Gasteiger partial charge in [0.25, 0.3) is 0 Å². The van der Waals surface area contributed by atoms with Crippen molar-refractivity contribution in [3.63, 3.8) is 0 Å². The van der Waals surface area contributed by atoms with E-state index < -0.39 is 5.83 Å². The highest BCUT2D eigenvalue weighted by atomic mass is 32.2. The van der Waals surface area contributed by atoms with Gasteiger partial charge in [0.05, 0.1) is 23.5 Å². The molecular weight excluding hydrogens is 321 g/mol. The van der Waals surface area contributed by atoms with Gasteiger partial charge in [-0.3, -0.25) is 4.99 Å². The molecule has 2 N–H and O–H groups in total. The van der Waals surface area contributed by atoms with Crippen LogP contribution >= 0.6 is 11.8 Å². The monoisotopic (exact) mass is 343 g/mol. The molecule has 1 aromatic rings. The maximum absolute atomic E-state index is 13.6. The van der Waals surface area contributed by atoms with Crippen molar-refractivity contribution in [3.8, 4) is 0 Å². The van der Waals surface area contributed by atoms with E-state index in [9.17, 15) is 4.39 Å². The SMILES string of the molecule is C=C/C=C(/CN=C1Nc2ccccc2NC12CCSCC2)C(=C)F. The molecule has 2 heterocycles. The zero-order valence-corrected chi connectivity index (χ0v) is 14.5. The van der Waals surface area contributed by atoms with Crippen LogP contribution in [0.15, 0.2) is 66.0 Å². The van der Waals surface area contributed by atoms with Crippen molar-refractivity contribution in [1.29, 1.82) is 0 Å². The number of rotatable bonds is 4. The summed E-state index contributed by atoms with van der Waals surface area (Å²) in [5, 5.41) is 7.15. The Labute approximate surface area is 146 Å². The predicted octanol–water partition coefficient (Wildman–Crippen LogP) is 4.78. The number of halogens is 1. The number of hydrogen-bond acceptors (Lipinski definition) is 3. The summed E-state index contributed by atoms with van der Waals surface area (Å²) in [6.07, 6.45) is 5.18. The van der Waals surface area contributed by atoms with E-state index in [-0.39, 0.29) is 12.1 Å². The second-order valence-corrected chi connectivity index (χ2v) is 7.21. The number of thioether (sulfide) groups is 1. The largest absolute Gasteiger partial charge is 0.371 e. The highest BCUT2D eigenvalue weighted by Gasteiger charge is 2.40. The summed E-state index contributed by atoms with van der Waals surface area (Å²) in [7, 11) is 0. The van der Waals surface area contributed by atoms with Gasteiger partial charge in [0.2, 0.25) is 0 Å². The standard InChI is InChI=1S/C19H22FN3S/c1-3-6-15(14(2)20)13-21-18-19(9-11-24-12-10-19)23-17-8-5-4-7-16(17)22-18/h3-8,23H,1-2,9-13H2,(H,21,22)/b15-6-. The average Bonchev–Trinajstić information content (AvgIpc) is 2.59. The molecule has 3 nitrogen and oxygen atoms in total. The Balaban J connectivity index is 1.93. The molecule has 0 amide bonds. The first kappa shape index (κ1) is 16.8. The minimum absolute atomic E-state index is 0.198. The quantitative estimate of drug-likeness (QED) is 0.772. The fraction of sp³-hybridized carbons (Fsp3) is 0.316. The van der Waals surface area contributed by atoms with Gasteiger partial charge in [-0.15, -0.1) is 0 Å². The lowest BCUT2D eigenvalue weighted by atomic mass is 9.87. The van der Waals surface area contributed by atoms with Gasteiger partial charge in [0, 0.05) is 5.57 Å². The third-order valence-corrected chi connectivity index (χ3v) is 5.41. The smallest absolute Gasteiger partial charge is 0.127 e. The number of aliphatic imine (C=N–C) groups is 1. The number of anilines is 2. The van der Waals surface area contributed by atoms with Crippen LogP contribution in [0, 0.1) is 0 Å². The highest BCUT2D eigenvalue weighted by Crippen LogP contribution is 2.38. The third-order valence-electron chi connectivity index (χ3n) is 4.43. The Kier molecular flexibility index (Phi) is 5.09. The molecule has 1 spiro atoms. The van der Waals surface area contributed by atoms with Crippen LogP contribution in [0.4, 0.5) is 15.8 Å². The van der Waals surface area contributed by atoms with Gasteiger partial charge in [-0.2, -0.15) is 11.8 Å². The van der Waals surface area contributed by atoms with Crippen molar-refractivity contribution in [2.75, 3.05) is 28.7 Å². The van der Waals surface area contributed by atoms with E-state index in [1.807, 2.05) is 30.0 Å². The summed E-state index contributed by atoms with van der Waals surface area (Å²) in [5.41, 5.74) is 2.36. The van der Waals surface area contributed by atoms with Crippen LogP contribution in [0.5, 0.6) is 0 Å². The molecule has 0 unspecified atom stereocenters. The molecule has 2 aliphatic heterocycles. The first-order valence-corrected chi connectivity index (χ1v) is 9.23. The Hall–Kier alpha value is -2.01. The van der Waals surface area contributed by atoms with Crippen LogP contribution in [0.3, 0.4) is 0 Å². The van der Waals surface area contributed by atoms with Crippen molar-refractivity contribution < 1.29 is 4.39 Å². The zero-order valence-electron chi connectivity index (χ0n) is 13.6. The fourth-order valence-corrected chi connectivity index (χ4v) is 4.26. The molecule has 0 aromatic heterocycles. The Morgan fingerprint density at radius 1 is 1.29 bits per heavy atom. The summed E-state index contributed by atoms with van der Waals surface area (Å²) >= 11 is 1.96. The van der Waals surface area contributed by atoms with Gasteiger partial charge in [-0.25, -0.2) is 4.39 Å². The maximum Gasteiger partial charge on any atom is 0.127 e. The van der Waals surface area contributed by atoms with Crippen molar-refractivity contribution in [1.82, 2.24) is 0 Å². The minimum Gasteiger partial charge on any atom is -0.371 e. The molecule has 0 saturated carbocycles. The number of fused-ring (bicyclic) bond motifs is 1. The van der Waals surface area contributed by atoms with Crippen molar-refractivity contribution in [2.24, 2.45) is 4.99 Å². The van der Waals surface area contributed by atoms with E-state index in [4.69, 9.17) is 4.99 Å². The molecule has 1 fully saturated rings. The summed E-state index contributed by atoms with van der Waals surface area (Å²) in [6, 6.07) is 8.12. The molecule has 5 heteroatoms. The highest BCUT2D eigenvalue weighted by molar-refractivity contribution is 7.99. The number of allylic oxidation sites excluding steroid dienone is 2. The molecule has 0 aliphatic carbocycles. The second kappa shape index (κ2) is 7.26. The normalized spacial score (nSPS) is 20.9. The minimum atomic E-state index is -0.461. The maximum atomic E-state index is 13.6. The lowest BCUT2D eigenvalue weighted by molar-refractivity contribution is 0.560. The molecular formula is C19H22FN3S. The summed E-state index contributed by atoms with van der Waals surface area (Å²) in [5.74, 6) is 2.59. The van der Waals surface area contributed by atoms with E-state index in [1.165, 1.54) is 0 Å². The predicted molar refractivity (Wildman–Crippen MR) is 104 cm³/mol. The first-order valence-electron chi connectivity index (χ1n) is 8.08. The van der Waals surface area contributed by atoms with E-state index >= 15 is 0 Å². The van der Waals surface area contributed by atoms with Gasteiger partial charge in [-0.05, 0) is 36.5 Å². The Morgan fingerprint density at radius 3 is 2.67 bits per heavy atom. The molecule has 24 heavy (non-hydrogen) atoms. The van der Waals surface area contributed by atoms with Crippen LogP contribution < -0.4 is 10.6 Å². The first-order chi connectivity index (χ1) is 11.6. The number of nitrogens with zero attached hydrogens (tertiary/aromatic N) is 1. The van der Waals surface area contributed by atoms with E-state index in [1.54, 1.807) is 12.2 Å². The summed E-state index contributed by atoms with van der Waals surface area (Å²) in [6.45, 7) is 7.27. The van der Waals surface area contributed by atoms with Crippen LogP contribution in [-0.4, -0.2) is 29.4 Å². The molecule has 1 saturated heterocycles. The van der Waals surface area contributed by atoms with Crippen LogP contribution in [-0.2, 0) is 0 Å². The van der Waals surface area contributed by atoms with Gasteiger partial charge in [0.1, 0.15) is 11.7 Å². The second-order valence-electron chi connectivity index (χ2n) is 5.99. The molecule has 126 valence electrons. The number of nitrogens with one attached hydrogen (secondary N) is 2. The summed E-state index contributed by atoms with van der Waals surface area (Å²) < 4.78 is 13.6. The zero-order chi connectivity index (χ0) is 17.0. The van der Waals surface area contributed by atoms with Gasteiger partial charge >= 0.3 is 0 Å². The molecule has 0 atom stereocenters. The van der Waals surface area contributed by atoms with Gasteiger partial charge in [-0.1, -0.05) is 37.4 Å². The van der Waals surface area contributed by atoms with Crippen molar-refractivity contribution >= 4 is 29.0 Å². The lowest BCUT2D eigenvalue weighted by Gasteiger charge is -2.43. The van der Waals surface area contributed by atoms with E-state index in [0.29, 0.717) is 5.57 Å². The van der Waals surface area contributed by atoms with Gasteiger partial charge < -0.3 is 10.6 Å². The van der Waals surface area contributed by atoms with Crippen LogP contribution in [0.2, 0.25) is 0 Å². The van der Waals surface area contributed by atoms with Gasteiger partial charge in [0.15, 0.2) is 0 Å². The van der Waals surface area contributed by atoms with Crippen molar-refractivity contribution in [3.05, 3.63) is 61.0 Å². The molecule has 0 bridgehead atoms. The Morgan fingerprint density at radius 2 is 2.00 bits per heavy atom. The van der Waals surface area contributed by atoms with Crippen LogP contribution in [0.25, 0.3) is 0 Å². The van der Waals surface area contributed by atoms with Crippen LogP contribution in [0.1, 0.15) is 12.8 Å². The van der Waals surface area contributed by atoms with Crippen molar-refractivity contribution in [2.45, 2.75) is 18.4 Å². The fourth-order valence-electron chi connectivity index (χ4n) is 3.07. The number of para-hydroxylation sites is 2. The number of benzene rings is 1. The topological polar surface area (TPSA) is 36.4 Å². The molecule has 1 aromatic carbocycles. The summed E-state index contributed by atoms with van der Waals surface area (Å²) in [4.78, 5) is 4.72. The Bertz CT molecular complexity index is 702. The lowest BCUT2D eigenvalue weighted by Crippen LogP contribution is -2.54. The molecule has 3 rings (SSSR count). The molecule has 0 radical (unpaired) electrons.